The van der Waals surface area contributed by atoms with Gasteiger partial charge >= 0.3 is 0 Å². The van der Waals surface area contributed by atoms with Gasteiger partial charge < -0.3 is 20.6 Å². The van der Waals surface area contributed by atoms with Crippen molar-refractivity contribution in [2.75, 3.05) is 18.0 Å². The Kier molecular flexibility index (Phi) is 2.72. The van der Waals surface area contributed by atoms with Crippen LogP contribution < -0.4 is 15.5 Å². The Hall–Kier alpha value is -1.59. The van der Waals surface area contributed by atoms with Crippen LogP contribution in [-0.2, 0) is 4.79 Å². The summed E-state index contributed by atoms with van der Waals surface area (Å²) in [5, 5.41) is 16.0. The molecule has 1 amide bonds. The molecule has 5 nitrogen and oxygen atoms in total. The third-order valence-electron chi connectivity index (χ3n) is 3.85. The van der Waals surface area contributed by atoms with Crippen molar-refractivity contribution in [3.05, 3.63) is 30.3 Å². The highest BCUT2D eigenvalue weighted by atomic mass is 16.3. The predicted molar refractivity (Wildman–Crippen MR) is 67.9 cm³/mol. The number of benzene rings is 1. The van der Waals surface area contributed by atoms with Crippen LogP contribution in [-0.4, -0.2) is 36.0 Å². The molecule has 2 heterocycles. The first-order chi connectivity index (χ1) is 8.74. The molecular weight excluding hydrogens is 230 g/mol. The third kappa shape index (κ3) is 1.59. The quantitative estimate of drug-likeness (QED) is 0.654. The summed E-state index contributed by atoms with van der Waals surface area (Å²) in [7, 11) is 0. The maximum Gasteiger partial charge on any atom is 0.249 e. The molecule has 2 aliphatic rings. The second kappa shape index (κ2) is 4.26. The standard InChI is InChI=1S/C13H17N3O2/c17-11-13(6-8-14-9-7-13)16(12(18)15-11)10-4-2-1-3-5-10/h1-5,12,14,18H,6-9H2,(H,15,17). The molecule has 5 heteroatoms. The molecule has 1 aromatic carbocycles. The van der Waals surface area contributed by atoms with E-state index in [-0.39, 0.29) is 5.91 Å². The van der Waals surface area contributed by atoms with Gasteiger partial charge in [-0.1, -0.05) is 18.2 Å². The molecule has 1 aromatic rings. The molecule has 3 rings (SSSR count). The number of piperidine rings is 1. The molecule has 2 fully saturated rings. The first kappa shape index (κ1) is 11.5. The fraction of sp³-hybridized carbons (Fsp3) is 0.462. The smallest absolute Gasteiger partial charge is 0.249 e. The number of hydrogen-bond acceptors (Lipinski definition) is 4. The highest BCUT2D eigenvalue weighted by Gasteiger charge is 2.53. The van der Waals surface area contributed by atoms with E-state index in [9.17, 15) is 9.90 Å². The van der Waals surface area contributed by atoms with Gasteiger partial charge in [0, 0.05) is 5.69 Å². The van der Waals surface area contributed by atoms with Crippen molar-refractivity contribution < 1.29 is 9.90 Å². The molecule has 0 aromatic heterocycles. The summed E-state index contributed by atoms with van der Waals surface area (Å²) in [4.78, 5) is 14.0. The van der Waals surface area contributed by atoms with Crippen LogP contribution in [0, 0.1) is 0 Å². The van der Waals surface area contributed by atoms with Gasteiger partial charge in [-0.15, -0.1) is 0 Å². The molecule has 0 aliphatic carbocycles. The number of rotatable bonds is 1. The number of aliphatic hydroxyl groups excluding tert-OH is 1. The monoisotopic (exact) mass is 247 g/mol. The summed E-state index contributed by atoms with van der Waals surface area (Å²) < 4.78 is 0. The number of nitrogens with zero attached hydrogens (tertiary/aromatic N) is 1. The highest BCUT2D eigenvalue weighted by molar-refractivity contribution is 5.93. The van der Waals surface area contributed by atoms with Gasteiger partial charge in [0.05, 0.1) is 0 Å². The molecule has 0 radical (unpaired) electrons. The van der Waals surface area contributed by atoms with Crippen LogP contribution in [0.1, 0.15) is 12.8 Å². The lowest BCUT2D eigenvalue weighted by Gasteiger charge is -2.40. The fourth-order valence-corrected chi connectivity index (χ4v) is 2.94. The van der Waals surface area contributed by atoms with Gasteiger partial charge in [0.25, 0.3) is 0 Å². The van der Waals surface area contributed by atoms with Crippen LogP contribution in [0.2, 0.25) is 0 Å². The van der Waals surface area contributed by atoms with E-state index in [1.165, 1.54) is 0 Å². The Balaban J connectivity index is 2.02. The first-order valence-electron chi connectivity index (χ1n) is 6.28. The third-order valence-corrected chi connectivity index (χ3v) is 3.85. The molecule has 1 spiro atoms. The van der Waals surface area contributed by atoms with Gasteiger partial charge in [0.2, 0.25) is 12.3 Å². The zero-order valence-electron chi connectivity index (χ0n) is 10.1. The van der Waals surface area contributed by atoms with E-state index in [0.717, 1.165) is 18.8 Å². The van der Waals surface area contributed by atoms with E-state index in [2.05, 4.69) is 10.6 Å². The van der Waals surface area contributed by atoms with E-state index in [1.54, 1.807) is 0 Å². The summed E-state index contributed by atoms with van der Waals surface area (Å²) in [6.45, 7) is 1.59. The second-order valence-corrected chi connectivity index (χ2v) is 4.83. The Morgan fingerprint density at radius 3 is 2.56 bits per heavy atom. The number of carbonyl (C=O) groups excluding carboxylic acids is 1. The molecule has 1 atom stereocenters. The Morgan fingerprint density at radius 1 is 1.22 bits per heavy atom. The molecule has 96 valence electrons. The Labute approximate surface area is 106 Å². The van der Waals surface area contributed by atoms with Crippen molar-refractivity contribution in [3.8, 4) is 0 Å². The average Bonchev–Trinajstić information content (AvgIpc) is 2.63. The Morgan fingerprint density at radius 2 is 1.89 bits per heavy atom. The summed E-state index contributed by atoms with van der Waals surface area (Å²) in [6, 6.07) is 9.61. The van der Waals surface area contributed by atoms with Crippen molar-refractivity contribution >= 4 is 11.6 Å². The van der Waals surface area contributed by atoms with Crippen LogP contribution in [0.4, 0.5) is 5.69 Å². The van der Waals surface area contributed by atoms with E-state index < -0.39 is 11.9 Å². The highest BCUT2D eigenvalue weighted by Crippen LogP contribution is 2.36. The van der Waals surface area contributed by atoms with E-state index in [4.69, 9.17) is 0 Å². The van der Waals surface area contributed by atoms with Crippen molar-refractivity contribution in [1.29, 1.82) is 0 Å². The number of amides is 1. The molecular formula is C13H17N3O2. The van der Waals surface area contributed by atoms with Crippen LogP contribution in [0.25, 0.3) is 0 Å². The zero-order valence-corrected chi connectivity index (χ0v) is 10.1. The molecule has 3 N–H and O–H groups in total. The molecule has 2 saturated heterocycles. The summed E-state index contributed by atoms with van der Waals surface area (Å²) >= 11 is 0. The minimum absolute atomic E-state index is 0.0691. The van der Waals surface area contributed by atoms with Crippen LogP contribution >= 0.6 is 0 Å². The minimum atomic E-state index is -0.932. The van der Waals surface area contributed by atoms with Crippen molar-refractivity contribution in [2.45, 2.75) is 24.7 Å². The molecule has 1 unspecified atom stereocenters. The zero-order chi connectivity index (χ0) is 12.6. The summed E-state index contributed by atoms with van der Waals surface area (Å²) in [6.07, 6.45) is 0.494. The molecule has 2 aliphatic heterocycles. The van der Waals surface area contributed by atoms with Gasteiger partial charge in [-0.05, 0) is 38.1 Å². The lowest BCUT2D eigenvalue weighted by atomic mass is 9.86. The van der Waals surface area contributed by atoms with Crippen LogP contribution in [0.5, 0.6) is 0 Å². The van der Waals surface area contributed by atoms with E-state index in [1.807, 2.05) is 35.2 Å². The van der Waals surface area contributed by atoms with Crippen molar-refractivity contribution in [2.24, 2.45) is 0 Å². The largest absolute Gasteiger partial charge is 0.356 e. The normalized spacial score (nSPS) is 26.4. The van der Waals surface area contributed by atoms with Crippen LogP contribution in [0.15, 0.2) is 30.3 Å². The first-order valence-corrected chi connectivity index (χ1v) is 6.28. The number of carbonyl (C=O) groups is 1. The van der Waals surface area contributed by atoms with E-state index >= 15 is 0 Å². The lowest BCUT2D eigenvalue weighted by molar-refractivity contribution is -0.125. The van der Waals surface area contributed by atoms with Gasteiger partial charge in [-0.25, -0.2) is 0 Å². The molecule has 0 bridgehead atoms. The number of nitrogens with one attached hydrogen (secondary N) is 2. The average molecular weight is 247 g/mol. The van der Waals surface area contributed by atoms with Gasteiger partial charge in [0.1, 0.15) is 5.54 Å². The molecule has 0 saturated carbocycles. The summed E-state index contributed by atoms with van der Waals surface area (Å²) in [5.41, 5.74) is 0.275. The van der Waals surface area contributed by atoms with E-state index in [0.29, 0.717) is 12.8 Å². The number of anilines is 1. The minimum Gasteiger partial charge on any atom is -0.356 e. The Bertz CT molecular complexity index is 443. The number of hydrogen-bond donors (Lipinski definition) is 3. The van der Waals surface area contributed by atoms with Crippen molar-refractivity contribution in [1.82, 2.24) is 10.6 Å². The predicted octanol–water partition coefficient (Wildman–Crippen LogP) is 0.0209. The number of para-hydroxylation sites is 1. The van der Waals surface area contributed by atoms with Gasteiger partial charge in [-0.3, -0.25) is 4.79 Å². The maximum atomic E-state index is 12.2. The van der Waals surface area contributed by atoms with Crippen molar-refractivity contribution in [3.63, 3.8) is 0 Å². The SMILES string of the molecule is O=C1NC(O)N(c2ccccc2)C12CCNCC2. The number of aliphatic hydroxyl groups is 1. The summed E-state index contributed by atoms with van der Waals surface area (Å²) in [5.74, 6) is -0.0691. The lowest BCUT2D eigenvalue weighted by Crippen LogP contribution is -2.56. The van der Waals surface area contributed by atoms with Gasteiger partial charge in [0.15, 0.2) is 0 Å². The molecule has 18 heavy (non-hydrogen) atoms. The maximum absolute atomic E-state index is 12.2. The van der Waals surface area contributed by atoms with Gasteiger partial charge in [-0.2, -0.15) is 0 Å². The fourth-order valence-electron chi connectivity index (χ4n) is 2.94. The van der Waals surface area contributed by atoms with Crippen LogP contribution in [0.3, 0.4) is 0 Å². The topological polar surface area (TPSA) is 64.6 Å². The second-order valence-electron chi connectivity index (χ2n) is 4.83.